The Kier molecular flexibility index (Phi) is 5.49. The van der Waals surface area contributed by atoms with Gasteiger partial charge in [-0.05, 0) is 18.6 Å². The SMILES string of the molecule is CC(Cl)/C(=C\N=CN)C(=O)c1ccn(Cc2ccccc2)n1. The zero-order valence-electron chi connectivity index (χ0n) is 12.2. The van der Waals surface area contributed by atoms with Crippen molar-refractivity contribution in [3.63, 3.8) is 0 Å². The van der Waals surface area contributed by atoms with Crippen molar-refractivity contribution >= 4 is 23.7 Å². The van der Waals surface area contributed by atoms with Crippen LogP contribution in [0.15, 0.2) is 59.4 Å². The highest BCUT2D eigenvalue weighted by Gasteiger charge is 2.19. The van der Waals surface area contributed by atoms with Gasteiger partial charge in [-0.25, -0.2) is 4.99 Å². The van der Waals surface area contributed by atoms with Gasteiger partial charge in [-0.15, -0.1) is 11.6 Å². The van der Waals surface area contributed by atoms with Crippen LogP contribution >= 0.6 is 11.6 Å². The van der Waals surface area contributed by atoms with Crippen LogP contribution in [0.5, 0.6) is 0 Å². The third kappa shape index (κ3) is 4.05. The lowest BCUT2D eigenvalue weighted by molar-refractivity contribution is 0.102. The second-order valence-corrected chi connectivity index (χ2v) is 5.37. The minimum Gasteiger partial charge on any atom is -0.390 e. The molecule has 0 aliphatic carbocycles. The number of hydrogen-bond donors (Lipinski definition) is 1. The van der Waals surface area contributed by atoms with Crippen molar-refractivity contribution in [1.29, 1.82) is 0 Å². The van der Waals surface area contributed by atoms with Crippen molar-refractivity contribution in [2.24, 2.45) is 10.7 Å². The van der Waals surface area contributed by atoms with Crippen LogP contribution in [0.25, 0.3) is 0 Å². The number of alkyl halides is 1. The van der Waals surface area contributed by atoms with Crippen molar-refractivity contribution in [3.05, 3.63) is 65.6 Å². The third-order valence-electron chi connectivity index (χ3n) is 3.05. The maximum absolute atomic E-state index is 12.4. The predicted octanol–water partition coefficient (Wildman–Crippen LogP) is 2.61. The van der Waals surface area contributed by atoms with Crippen LogP contribution < -0.4 is 5.73 Å². The van der Waals surface area contributed by atoms with Crippen molar-refractivity contribution < 1.29 is 4.79 Å². The number of aliphatic imine (C=N–C) groups is 1. The summed E-state index contributed by atoms with van der Waals surface area (Å²) in [6.07, 6.45) is 4.25. The molecule has 6 heteroatoms. The lowest BCUT2D eigenvalue weighted by Gasteiger charge is -2.05. The molecule has 0 aliphatic rings. The van der Waals surface area contributed by atoms with Gasteiger partial charge in [0.1, 0.15) is 5.69 Å². The molecular weight excluding hydrogens is 300 g/mol. The molecule has 1 heterocycles. The van der Waals surface area contributed by atoms with E-state index in [1.165, 1.54) is 6.20 Å². The Morgan fingerprint density at radius 1 is 1.41 bits per heavy atom. The number of rotatable bonds is 6. The molecule has 1 aromatic carbocycles. The maximum Gasteiger partial charge on any atom is 0.212 e. The first-order chi connectivity index (χ1) is 10.6. The number of nitrogens with zero attached hydrogens (tertiary/aromatic N) is 3. The third-order valence-corrected chi connectivity index (χ3v) is 3.29. The van der Waals surface area contributed by atoms with Crippen LogP contribution in [-0.2, 0) is 6.54 Å². The van der Waals surface area contributed by atoms with Gasteiger partial charge in [0.2, 0.25) is 5.78 Å². The highest BCUT2D eigenvalue weighted by molar-refractivity contribution is 6.27. The number of carbonyl (C=O) groups is 1. The summed E-state index contributed by atoms with van der Waals surface area (Å²) in [5, 5.41) is 3.82. The Morgan fingerprint density at radius 3 is 2.77 bits per heavy atom. The van der Waals surface area contributed by atoms with Gasteiger partial charge in [0.25, 0.3) is 0 Å². The van der Waals surface area contributed by atoms with E-state index in [0.717, 1.165) is 11.9 Å². The summed E-state index contributed by atoms with van der Waals surface area (Å²) in [6.45, 7) is 2.31. The summed E-state index contributed by atoms with van der Waals surface area (Å²) < 4.78 is 1.71. The van der Waals surface area contributed by atoms with E-state index in [9.17, 15) is 4.79 Å². The molecule has 1 atom stereocenters. The van der Waals surface area contributed by atoms with Gasteiger partial charge >= 0.3 is 0 Å². The normalized spacial score (nSPS) is 13.5. The quantitative estimate of drug-likeness (QED) is 0.293. The molecule has 0 fully saturated rings. The van der Waals surface area contributed by atoms with E-state index in [1.54, 1.807) is 23.9 Å². The van der Waals surface area contributed by atoms with E-state index in [2.05, 4.69) is 10.1 Å². The molecule has 22 heavy (non-hydrogen) atoms. The summed E-state index contributed by atoms with van der Waals surface area (Å²) in [5.74, 6) is -0.250. The van der Waals surface area contributed by atoms with Gasteiger partial charge in [-0.1, -0.05) is 30.3 Å². The molecule has 5 nitrogen and oxygen atoms in total. The second kappa shape index (κ2) is 7.56. The van der Waals surface area contributed by atoms with Gasteiger partial charge < -0.3 is 5.73 Å². The van der Waals surface area contributed by atoms with Crippen molar-refractivity contribution in [1.82, 2.24) is 9.78 Å². The smallest absolute Gasteiger partial charge is 0.212 e. The number of ketones is 1. The Bertz CT molecular complexity index is 689. The first kappa shape index (κ1) is 16.0. The molecule has 0 bridgehead atoms. The van der Waals surface area contributed by atoms with E-state index in [1.807, 2.05) is 30.3 Å². The zero-order chi connectivity index (χ0) is 15.9. The number of hydrogen-bond acceptors (Lipinski definition) is 3. The van der Waals surface area contributed by atoms with Crippen LogP contribution in [0.1, 0.15) is 23.0 Å². The number of halogens is 1. The van der Waals surface area contributed by atoms with E-state index in [4.69, 9.17) is 17.3 Å². The molecule has 0 radical (unpaired) electrons. The molecule has 0 saturated carbocycles. The fraction of sp³-hybridized carbons (Fsp3) is 0.188. The molecule has 114 valence electrons. The summed E-state index contributed by atoms with van der Waals surface area (Å²) in [4.78, 5) is 16.2. The summed E-state index contributed by atoms with van der Waals surface area (Å²) in [7, 11) is 0. The Labute approximate surface area is 134 Å². The molecule has 2 aromatic rings. The van der Waals surface area contributed by atoms with Crippen LogP contribution in [0, 0.1) is 0 Å². The Balaban J connectivity index is 2.18. The first-order valence-corrected chi connectivity index (χ1v) is 7.25. The van der Waals surface area contributed by atoms with Gasteiger partial charge in [0.15, 0.2) is 0 Å². The molecule has 0 saturated heterocycles. The van der Waals surface area contributed by atoms with Gasteiger partial charge in [0, 0.05) is 18.0 Å². The van der Waals surface area contributed by atoms with Crippen LogP contribution in [0.4, 0.5) is 0 Å². The monoisotopic (exact) mass is 316 g/mol. The molecular formula is C16H17ClN4O. The lowest BCUT2D eigenvalue weighted by atomic mass is 10.1. The average Bonchev–Trinajstić information content (AvgIpc) is 2.96. The number of carbonyl (C=O) groups excluding carboxylic acids is 1. The van der Waals surface area contributed by atoms with E-state index >= 15 is 0 Å². The standard InChI is InChI=1S/C16H17ClN4O/c1-12(17)14(9-19-11-18)16(22)15-7-8-21(20-15)10-13-5-3-2-4-6-13/h2-9,11-12H,10H2,1H3,(H2,18,19)/b14-9+. The summed E-state index contributed by atoms with van der Waals surface area (Å²) in [6, 6.07) is 11.6. The largest absolute Gasteiger partial charge is 0.390 e. The number of benzene rings is 1. The fourth-order valence-corrected chi connectivity index (χ4v) is 2.11. The molecule has 0 spiro atoms. The minimum absolute atomic E-state index is 0.250. The predicted molar refractivity (Wildman–Crippen MR) is 88.2 cm³/mol. The second-order valence-electron chi connectivity index (χ2n) is 4.71. The highest BCUT2D eigenvalue weighted by atomic mass is 35.5. The number of aromatic nitrogens is 2. The molecule has 0 aliphatic heterocycles. The topological polar surface area (TPSA) is 73.3 Å². The number of nitrogens with two attached hydrogens (primary N) is 1. The van der Waals surface area contributed by atoms with Crippen molar-refractivity contribution in [2.75, 3.05) is 0 Å². The van der Waals surface area contributed by atoms with E-state index in [-0.39, 0.29) is 5.78 Å². The maximum atomic E-state index is 12.4. The van der Waals surface area contributed by atoms with Crippen molar-refractivity contribution in [3.8, 4) is 0 Å². The van der Waals surface area contributed by atoms with Crippen LogP contribution in [-0.4, -0.2) is 27.3 Å². The molecule has 1 aromatic heterocycles. The Morgan fingerprint density at radius 2 is 2.14 bits per heavy atom. The van der Waals surface area contributed by atoms with Crippen LogP contribution in [0.3, 0.4) is 0 Å². The highest BCUT2D eigenvalue weighted by Crippen LogP contribution is 2.15. The minimum atomic E-state index is -0.476. The van der Waals surface area contributed by atoms with E-state index in [0.29, 0.717) is 17.8 Å². The number of Topliss-reactive ketones (excluding diaryl/α,β-unsaturated/α-hetero) is 1. The molecule has 1 unspecified atom stereocenters. The summed E-state index contributed by atoms with van der Waals surface area (Å²) >= 11 is 6.02. The first-order valence-electron chi connectivity index (χ1n) is 6.81. The van der Waals surface area contributed by atoms with Crippen molar-refractivity contribution in [2.45, 2.75) is 18.8 Å². The fourth-order valence-electron chi connectivity index (χ4n) is 1.95. The van der Waals surface area contributed by atoms with Crippen LogP contribution in [0.2, 0.25) is 0 Å². The molecule has 2 rings (SSSR count). The zero-order valence-corrected chi connectivity index (χ0v) is 12.9. The van der Waals surface area contributed by atoms with Gasteiger partial charge in [0.05, 0.1) is 18.3 Å². The molecule has 2 N–H and O–H groups in total. The van der Waals surface area contributed by atoms with Gasteiger partial charge in [-0.2, -0.15) is 5.10 Å². The summed E-state index contributed by atoms with van der Waals surface area (Å²) in [5.41, 5.74) is 7.00. The van der Waals surface area contributed by atoms with Gasteiger partial charge in [-0.3, -0.25) is 9.48 Å². The average molecular weight is 317 g/mol. The Hall–Kier alpha value is -2.40. The molecule has 0 amide bonds. The van der Waals surface area contributed by atoms with E-state index < -0.39 is 5.38 Å². The number of allylic oxidation sites excluding steroid dienone is 1. The lowest BCUT2D eigenvalue weighted by Crippen LogP contribution is -2.12.